The zero-order valence-electron chi connectivity index (χ0n) is 14.8. The molecule has 0 saturated heterocycles. The summed E-state index contributed by atoms with van der Waals surface area (Å²) in [5.41, 5.74) is 3.15. The van der Waals surface area contributed by atoms with Gasteiger partial charge in [-0.05, 0) is 18.1 Å². The van der Waals surface area contributed by atoms with Crippen LogP contribution in [-0.2, 0) is 6.42 Å². The summed E-state index contributed by atoms with van der Waals surface area (Å²) < 4.78 is 0. The normalized spacial score (nSPS) is 18.1. The molecule has 3 N–H and O–H groups in total. The van der Waals surface area contributed by atoms with E-state index in [0.717, 1.165) is 22.3 Å². The smallest absolute Gasteiger partial charge is 0.264 e. The number of H-pyrrole nitrogens is 1. The number of aromatic amines is 1. The van der Waals surface area contributed by atoms with E-state index in [2.05, 4.69) is 15.3 Å². The molecule has 0 spiro atoms. The Hall–Kier alpha value is -3.25. The molecular weight excluding hydrogens is 342 g/mol. The highest BCUT2D eigenvalue weighted by Gasteiger charge is 2.32. The van der Waals surface area contributed by atoms with E-state index in [4.69, 9.17) is 0 Å². The molecule has 0 fully saturated rings. The zero-order chi connectivity index (χ0) is 19.0. The van der Waals surface area contributed by atoms with E-state index < -0.39 is 23.6 Å². The molecule has 0 bridgehead atoms. The molecule has 3 aromatic rings. The third-order valence-corrected chi connectivity index (χ3v) is 4.86. The van der Waals surface area contributed by atoms with Crippen molar-refractivity contribution >= 4 is 5.91 Å². The number of nitrogens with one attached hydrogen (secondary N) is 2. The predicted octanol–water partition coefficient (Wildman–Crippen LogP) is 2.13. The predicted molar refractivity (Wildman–Crippen MR) is 101 cm³/mol. The first-order chi connectivity index (χ1) is 13.0. The number of rotatable bonds is 3. The Balaban J connectivity index is 1.58. The summed E-state index contributed by atoms with van der Waals surface area (Å²) in [5.74, 6) is -0.150. The number of carbonyl (C=O) groups is 1. The molecule has 1 aliphatic carbocycles. The second-order valence-corrected chi connectivity index (χ2v) is 6.76. The maximum Gasteiger partial charge on any atom is 0.264 e. The third kappa shape index (κ3) is 3.27. The van der Waals surface area contributed by atoms with Crippen LogP contribution in [0.25, 0.3) is 11.4 Å². The van der Waals surface area contributed by atoms with Crippen LogP contribution in [0, 0.1) is 6.92 Å². The molecule has 0 saturated carbocycles. The maximum atomic E-state index is 12.6. The molecule has 2 aromatic carbocycles. The van der Waals surface area contributed by atoms with E-state index in [9.17, 15) is 14.7 Å². The summed E-state index contributed by atoms with van der Waals surface area (Å²) in [5, 5.41) is 13.0. The molecule has 0 aliphatic heterocycles. The van der Waals surface area contributed by atoms with Gasteiger partial charge in [0.15, 0.2) is 0 Å². The molecule has 136 valence electrons. The van der Waals surface area contributed by atoms with Crippen LogP contribution >= 0.6 is 0 Å². The number of carbonyl (C=O) groups excluding carboxylic acids is 1. The van der Waals surface area contributed by atoms with E-state index in [0.29, 0.717) is 12.2 Å². The quantitative estimate of drug-likeness (QED) is 0.666. The second kappa shape index (κ2) is 6.81. The summed E-state index contributed by atoms with van der Waals surface area (Å²) in [6.07, 6.45) is 1.03. The van der Waals surface area contributed by atoms with Crippen LogP contribution in [0.5, 0.6) is 0 Å². The lowest BCUT2D eigenvalue weighted by molar-refractivity contribution is 0.0856. The largest absolute Gasteiger partial charge is 0.390 e. The number of aliphatic hydroxyl groups is 1. The van der Waals surface area contributed by atoms with Gasteiger partial charge >= 0.3 is 0 Å². The molecule has 0 radical (unpaired) electrons. The van der Waals surface area contributed by atoms with Gasteiger partial charge in [0.25, 0.3) is 11.5 Å². The SMILES string of the molecule is Cc1ccc(-c2ncc(C(=O)N[C@@H]3c4ccccc4C[C@@H]3O)c(=O)[nH]2)cc1. The highest BCUT2D eigenvalue weighted by Crippen LogP contribution is 2.31. The van der Waals surface area contributed by atoms with Crippen molar-refractivity contribution < 1.29 is 9.90 Å². The molecule has 6 heteroatoms. The van der Waals surface area contributed by atoms with E-state index in [-0.39, 0.29) is 5.56 Å². The highest BCUT2D eigenvalue weighted by molar-refractivity contribution is 5.94. The molecule has 1 heterocycles. The molecule has 1 aromatic heterocycles. The van der Waals surface area contributed by atoms with Crippen molar-refractivity contribution in [2.24, 2.45) is 0 Å². The Morgan fingerprint density at radius 2 is 1.93 bits per heavy atom. The van der Waals surface area contributed by atoms with Gasteiger partial charge < -0.3 is 15.4 Å². The summed E-state index contributed by atoms with van der Waals surface area (Å²) in [6, 6.07) is 14.6. The van der Waals surface area contributed by atoms with Crippen molar-refractivity contribution in [1.29, 1.82) is 0 Å². The van der Waals surface area contributed by atoms with Crippen molar-refractivity contribution in [1.82, 2.24) is 15.3 Å². The number of aromatic nitrogens is 2. The fraction of sp³-hybridized carbons (Fsp3) is 0.190. The summed E-state index contributed by atoms with van der Waals surface area (Å²) in [4.78, 5) is 31.9. The average Bonchev–Trinajstić information content (AvgIpc) is 2.97. The van der Waals surface area contributed by atoms with Gasteiger partial charge in [0.2, 0.25) is 0 Å². The number of amides is 1. The van der Waals surface area contributed by atoms with Crippen LogP contribution in [0.4, 0.5) is 0 Å². The first-order valence-electron chi connectivity index (χ1n) is 8.76. The number of hydrogen-bond donors (Lipinski definition) is 3. The van der Waals surface area contributed by atoms with Crippen molar-refractivity contribution in [3.63, 3.8) is 0 Å². The molecule has 4 rings (SSSR count). The number of fused-ring (bicyclic) bond motifs is 1. The minimum absolute atomic E-state index is 0.0811. The monoisotopic (exact) mass is 361 g/mol. The van der Waals surface area contributed by atoms with Gasteiger partial charge in [0.05, 0.1) is 12.1 Å². The van der Waals surface area contributed by atoms with Gasteiger partial charge in [-0.25, -0.2) is 4.98 Å². The molecular formula is C21H19N3O3. The van der Waals surface area contributed by atoms with Crippen LogP contribution < -0.4 is 10.9 Å². The first-order valence-corrected chi connectivity index (χ1v) is 8.76. The van der Waals surface area contributed by atoms with Gasteiger partial charge in [-0.1, -0.05) is 54.1 Å². The zero-order valence-corrected chi connectivity index (χ0v) is 14.8. The lowest BCUT2D eigenvalue weighted by Crippen LogP contribution is -2.36. The minimum Gasteiger partial charge on any atom is -0.390 e. The van der Waals surface area contributed by atoms with Crippen molar-refractivity contribution in [2.45, 2.75) is 25.5 Å². The molecule has 6 nitrogen and oxygen atoms in total. The van der Waals surface area contributed by atoms with Crippen molar-refractivity contribution in [3.05, 3.63) is 87.3 Å². The fourth-order valence-electron chi connectivity index (χ4n) is 3.38. The van der Waals surface area contributed by atoms with Crippen LogP contribution in [-0.4, -0.2) is 27.1 Å². The van der Waals surface area contributed by atoms with Crippen LogP contribution in [0.3, 0.4) is 0 Å². The number of nitrogens with zero attached hydrogens (tertiary/aromatic N) is 1. The summed E-state index contributed by atoms with van der Waals surface area (Å²) in [7, 11) is 0. The summed E-state index contributed by atoms with van der Waals surface area (Å²) in [6.45, 7) is 1.98. The number of aryl methyl sites for hydroxylation is 1. The number of benzene rings is 2. The van der Waals surface area contributed by atoms with Gasteiger partial charge in [0.1, 0.15) is 11.4 Å². The molecule has 27 heavy (non-hydrogen) atoms. The number of aliphatic hydroxyl groups excluding tert-OH is 1. The van der Waals surface area contributed by atoms with Crippen LogP contribution in [0.15, 0.2) is 59.5 Å². The molecule has 1 amide bonds. The van der Waals surface area contributed by atoms with E-state index in [1.165, 1.54) is 6.20 Å². The molecule has 1 aliphatic rings. The Labute approximate surface area is 155 Å². The Morgan fingerprint density at radius 1 is 1.19 bits per heavy atom. The lowest BCUT2D eigenvalue weighted by atomic mass is 10.1. The summed E-state index contributed by atoms with van der Waals surface area (Å²) >= 11 is 0. The van der Waals surface area contributed by atoms with Crippen LogP contribution in [0.1, 0.15) is 33.1 Å². The van der Waals surface area contributed by atoms with Crippen LogP contribution in [0.2, 0.25) is 0 Å². The van der Waals surface area contributed by atoms with Gasteiger partial charge in [0, 0.05) is 18.2 Å². The Kier molecular flexibility index (Phi) is 4.33. The Morgan fingerprint density at radius 3 is 2.67 bits per heavy atom. The Bertz CT molecular complexity index is 1060. The standard InChI is InChI=1S/C21H19N3O3/c1-12-6-8-13(9-7-12)19-22-11-16(21(27)24-19)20(26)23-18-15-5-3-2-4-14(15)10-17(18)25/h2-9,11,17-18,25H,10H2,1H3,(H,23,26)(H,22,24,27)/t17-,18+/m0/s1. The highest BCUT2D eigenvalue weighted by atomic mass is 16.3. The molecule has 2 atom stereocenters. The second-order valence-electron chi connectivity index (χ2n) is 6.76. The maximum absolute atomic E-state index is 12.6. The van der Waals surface area contributed by atoms with Crippen molar-refractivity contribution in [2.75, 3.05) is 0 Å². The van der Waals surface area contributed by atoms with Gasteiger partial charge in [-0.3, -0.25) is 9.59 Å². The lowest BCUT2D eigenvalue weighted by Gasteiger charge is -2.17. The topological polar surface area (TPSA) is 95.1 Å². The average molecular weight is 361 g/mol. The van der Waals surface area contributed by atoms with E-state index >= 15 is 0 Å². The van der Waals surface area contributed by atoms with E-state index in [1.54, 1.807) is 0 Å². The van der Waals surface area contributed by atoms with Crippen molar-refractivity contribution in [3.8, 4) is 11.4 Å². The fourth-order valence-corrected chi connectivity index (χ4v) is 3.38. The van der Waals surface area contributed by atoms with Gasteiger partial charge in [-0.15, -0.1) is 0 Å². The third-order valence-electron chi connectivity index (χ3n) is 4.86. The first kappa shape index (κ1) is 17.2. The molecule has 0 unspecified atom stereocenters. The number of hydrogen-bond acceptors (Lipinski definition) is 4. The van der Waals surface area contributed by atoms with E-state index in [1.807, 2.05) is 55.5 Å². The minimum atomic E-state index is -0.717. The van der Waals surface area contributed by atoms with Gasteiger partial charge in [-0.2, -0.15) is 0 Å².